The van der Waals surface area contributed by atoms with E-state index in [9.17, 15) is 0 Å². The third-order valence-electron chi connectivity index (χ3n) is 1.91. The molecule has 0 atom stereocenters. The van der Waals surface area contributed by atoms with Gasteiger partial charge in [0.25, 0.3) is 0 Å². The van der Waals surface area contributed by atoms with Crippen LogP contribution in [0.3, 0.4) is 0 Å². The Kier molecular flexibility index (Phi) is 2.73. The molecule has 4 heteroatoms. The van der Waals surface area contributed by atoms with Gasteiger partial charge in [-0.25, -0.2) is 9.97 Å². The summed E-state index contributed by atoms with van der Waals surface area (Å²) in [5.74, 6) is 0.603. The zero-order chi connectivity index (χ0) is 10.8. The minimum absolute atomic E-state index is 0.0961. The van der Waals surface area contributed by atoms with Crippen LogP contribution in [0.1, 0.15) is 13.8 Å². The predicted octanol–water partition coefficient (Wildman–Crippen LogP) is 3.07. The van der Waals surface area contributed by atoms with Crippen LogP contribution in [0.15, 0.2) is 24.5 Å². The molecule has 78 valence electrons. The molecule has 0 N–H and O–H groups in total. The van der Waals surface area contributed by atoms with Crippen molar-refractivity contribution in [3.05, 3.63) is 29.5 Å². The van der Waals surface area contributed by atoms with E-state index in [1.807, 2.05) is 19.9 Å². The molecule has 0 spiro atoms. The highest BCUT2D eigenvalue weighted by molar-refractivity contribution is 6.31. The van der Waals surface area contributed by atoms with E-state index in [-0.39, 0.29) is 6.10 Å². The summed E-state index contributed by atoms with van der Waals surface area (Å²) in [4.78, 5) is 8.23. The van der Waals surface area contributed by atoms with E-state index >= 15 is 0 Å². The van der Waals surface area contributed by atoms with E-state index in [4.69, 9.17) is 16.3 Å². The minimum atomic E-state index is 0.0961. The third-order valence-corrected chi connectivity index (χ3v) is 2.14. The first-order valence-electron chi connectivity index (χ1n) is 4.74. The molecule has 0 bridgehead atoms. The van der Waals surface area contributed by atoms with E-state index in [0.29, 0.717) is 10.9 Å². The predicted molar refractivity (Wildman–Crippen MR) is 60.3 cm³/mol. The van der Waals surface area contributed by atoms with Crippen molar-refractivity contribution >= 4 is 22.5 Å². The van der Waals surface area contributed by atoms with Crippen molar-refractivity contribution in [2.75, 3.05) is 0 Å². The lowest BCUT2D eigenvalue weighted by Gasteiger charge is -2.10. The normalized spacial score (nSPS) is 10.9. The third kappa shape index (κ3) is 2.18. The highest BCUT2D eigenvalue weighted by Gasteiger charge is 2.06. The van der Waals surface area contributed by atoms with Crippen LogP contribution in [0.5, 0.6) is 5.88 Å². The van der Waals surface area contributed by atoms with Crippen LogP contribution in [-0.4, -0.2) is 16.1 Å². The Hall–Kier alpha value is -1.35. The van der Waals surface area contributed by atoms with Gasteiger partial charge >= 0.3 is 0 Å². The Bertz CT molecular complexity index is 485. The van der Waals surface area contributed by atoms with Crippen molar-refractivity contribution in [1.29, 1.82) is 0 Å². The van der Waals surface area contributed by atoms with Crippen LogP contribution < -0.4 is 4.74 Å². The Morgan fingerprint density at radius 3 is 2.80 bits per heavy atom. The van der Waals surface area contributed by atoms with E-state index in [1.54, 1.807) is 12.1 Å². The van der Waals surface area contributed by atoms with Crippen molar-refractivity contribution in [3.63, 3.8) is 0 Å². The summed E-state index contributed by atoms with van der Waals surface area (Å²) in [6.45, 7) is 3.92. The summed E-state index contributed by atoms with van der Waals surface area (Å²) in [7, 11) is 0. The largest absolute Gasteiger partial charge is 0.474 e. The molecule has 1 aromatic carbocycles. The number of rotatable bonds is 2. The second-order valence-electron chi connectivity index (χ2n) is 3.51. The number of benzene rings is 1. The smallest absolute Gasteiger partial charge is 0.224 e. The first-order chi connectivity index (χ1) is 7.16. The van der Waals surface area contributed by atoms with Crippen molar-refractivity contribution in [2.24, 2.45) is 0 Å². The number of aromatic nitrogens is 2. The summed E-state index contributed by atoms with van der Waals surface area (Å²) in [6, 6.07) is 5.47. The monoisotopic (exact) mass is 222 g/mol. The number of halogens is 1. The highest BCUT2D eigenvalue weighted by atomic mass is 35.5. The molecule has 0 unspecified atom stereocenters. The fourth-order valence-corrected chi connectivity index (χ4v) is 1.49. The Morgan fingerprint density at radius 2 is 2.07 bits per heavy atom. The quantitative estimate of drug-likeness (QED) is 0.783. The molecule has 0 radical (unpaired) electrons. The average molecular weight is 223 g/mol. The summed E-state index contributed by atoms with van der Waals surface area (Å²) in [6.07, 6.45) is 1.58. The van der Waals surface area contributed by atoms with Crippen LogP contribution in [0.4, 0.5) is 0 Å². The zero-order valence-electron chi connectivity index (χ0n) is 8.57. The number of hydrogen-bond acceptors (Lipinski definition) is 3. The summed E-state index contributed by atoms with van der Waals surface area (Å²) in [5, 5.41) is 1.55. The molecule has 1 heterocycles. The molecule has 3 nitrogen and oxygen atoms in total. The number of ether oxygens (including phenoxy) is 1. The van der Waals surface area contributed by atoms with Crippen LogP contribution in [-0.2, 0) is 0 Å². The summed E-state index contributed by atoms with van der Waals surface area (Å²) in [5.41, 5.74) is 0.799. The first kappa shape index (κ1) is 10.2. The maximum absolute atomic E-state index is 5.88. The van der Waals surface area contributed by atoms with Crippen LogP contribution in [0.2, 0.25) is 5.02 Å². The van der Waals surface area contributed by atoms with Gasteiger partial charge in [0.15, 0.2) is 0 Å². The van der Waals surface area contributed by atoms with Gasteiger partial charge in [0.05, 0.1) is 17.0 Å². The Labute approximate surface area is 93.1 Å². The molecule has 0 fully saturated rings. The van der Waals surface area contributed by atoms with Gasteiger partial charge < -0.3 is 4.74 Å². The summed E-state index contributed by atoms with van der Waals surface area (Å²) < 4.78 is 5.57. The van der Waals surface area contributed by atoms with Gasteiger partial charge in [-0.1, -0.05) is 11.6 Å². The van der Waals surface area contributed by atoms with Crippen LogP contribution >= 0.6 is 11.6 Å². The molecule has 0 saturated heterocycles. The van der Waals surface area contributed by atoms with E-state index in [0.717, 1.165) is 10.9 Å². The molecule has 0 aliphatic rings. The van der Waals surface area contributed by atoms with E-state index < -0.39 is 0 Å². The second kappa shape index (κ2) is 4.03. The van der Waals surface area contributed by atoms with Gasteiger partial charge in [0, 0.05) is 5.02 Å². The zero-order valence-corrected chi connectivity index (χ0v) is 9.32. The van der Waals surface area contributed by atoms with Gasteiger partial charge in [0.2, 0.25) is 5.88 Å². The number of hydrogen-bond donors (Lipinski definition) is 0. The molecule has 0 saturated carbocycles. The molecule has 2 rings (SSSR count). The van der Waals surface area contributed by atoms with Crippen molar-refractivity contribution in [1.82, 2.24) is 9.97 Å². The molecular formula is C11H11ClN2O. The fourth-order valence-electron chi connectivity index (χ4n) is 1.32. The lowest BCUT2D eigenvalue weighted by molar-refractivity contribution is 0.235. The van der Waals surface area contributed by atoms with Gasteiger partial charge in [-0.15, -0.1) is 0 Å². The highest BCUT2D eigenvalue weighted by Crippen LogP contribution is 2.24. The Balaban J connectivity index is 2.56. The van der Waals surface area contributed by atoms with Crippen LogP contribution in [0.25, 0.3) is 10.9 Å². The standard InChI is InChI=1S/C11H11ClN2O/c1-7(2)15-11-9-4-3-8(12)5-10(9)13-6-14-11/h3-7H,1-2H3. The maximum Gasteiger partial charge on any atom is 0.224 e. The second-order valence-corrected chi connectivity index (χ2v) is 3.94. The fraction of sp³-hybridized carbons (Fsp3) is 0.273. The molecular weight excluding hydrogens is 212 g/mol. The molecule has 0 aliphatic heterocycles. The number of nitrogens with zero attached hydrogens (tertiary/aromatic N) is 2. The van der Waals surface area contributed by atoms with Crippen molar-refractivity contribution < 1.29 is 4.74 Å². The SMILES string of the molecule is CC(C)Oc1ncnc2cc(Cl)ccc12. The van der Waals surface area contributed by atoms with Gasteiger partial charge in [0.1, 0.15) is 6.33 Å². The minimum Gasteiger partial charge on any atom is -0.474 e. The van der Waals surface area contributed by atoms with Gasteiger partial charge in [-0.2, -0.15) is 0 Å². The first-order valence-corrected chi connectivity index (χ1v) is 5.11. The lowest BCUT2D eigenvalue weighted by Crippen LogP contribution is -2.07. The Morgan fingerprint density at radius 1 is 1.27 bits per heavy atom. The van der Waals surface area contributed by atoms with Gasteiger partial charge in [-0.05, 0) is 32.0 Å². The molecule has 2 aromatic rings. The molecule has 1 aromatic heterocycles. The lowest BCUT2D eigenvalue weighted by atomic mass is 10.2. The maximum atomic E-state index is 5.88. The average Bonchev–Trinajstić information content (AvgIpc) is 2.16. The molecule has 0 aliphatic carbocycles. The van der Waals surface area contributed by atoms with E-state index in [2.05, 4.69) is 9.97 Å². The number of fused-ring (bicyclic) bond motifs is 1. The van der Waals surface area contributed by atoms with E-state index in [1.165, 1.54) is 6.33 Å². The van der Waals surface area contributed by atoms with Crippen LogP contribution in [0, 0.1) is 0 Å². The molecule has 15 heavy (non-hydrogen) atoms. The van der Waals surface area contributed by atoms with Crippen molar-refractivity contribution in [2.45, 2.75) is 20.0 Å². The van der Waals surface area contributed by atoms with Crippen molar-refractivity contribution in [3.8, 4) is 5.88 Å². The summed E-state index contributed by atoms with van der Waals surface area (Å²) >= 11 is 5.88. The topological polar surface area (TPSA) is 35.0 Å². The molecule has 0 amide bonds. The van der Waals surface area contributed by atoms with Gasteiger partial charge in [-0.3, -0.25) is 0 Å².